The van der Waals surface area contributed by atoms with Gasteiger partial charge in [-0.3, -0.25) is 4.90 Å². The third kappa shape index (κ3) is 6.93. The maximum atomic E-state index is 11.9. The van der Waals surface area contributed by atoms with Crippen LogP contribution in [-0.4, -0.2) is 42.7 Å². The zero-order valence-electron chi connectivity index (χ0n) is 15.3. The summed E-state index contributed by atoms with van der Waals surface area (Å²) >= 11 is 0. The van der Waals surface area contributed by atoms with Gasteiger partial charge in [-0.05, 0) is 46.8 Å². The Hall–Kier alpha value is -2.19. The highest BCUT2D eigenvalue weighted by molar-refractivity contribution is 5.91. The molecule has 0 saturated carbocycles. The second-order valence-electron chi connectivity index (χ2n) is 5.95. The first-order valence-corrected chi connectivity index (χ1v) is 8.43. The van der Waals surface area contributed by atoms with E-state index in [2.05, 4.69) is 55.1 Å². The fourth-order valence-corrected chi connectivity index (χ4v) is 2.31. The molecule has 0 bridgehead atoms. The molecule has 1 aromatic rings. The van der Waals surface area contributed by atoms with E-state index in [-0.39, 0.29) is 6.03 Å². The van der Waals surface area contributed by atoms with Crippen molar-refractivity contribution >= 4 is 11.7 Å². The molecule has 0 aliphatic rings. The first-order chi connectivity index (χ1) is 11.5. The van der Waals surface area contributed by atoms with Gasteiger partial charge in [-0.15, -0.1) is 0 Å². The number of amides is 2. The Morgan fingerprint density at radius 2 is 1.83 bits per heavy atom. The number of hydrogen-bond acceptors (Lipinski definition) is 3. The maximum Gasteiger partial charge on any atom is 0.320 e. The van der Waals surface area contributed by atoms with Crippen molar-refractivity contribution in [3.63, 3.8) is 0 Å². The highest BCUT2D eigenvalue weighted by Crippen LogP contribution is 2.23. The van der Waals surface area contributed by atoms with Crippen LogP contribution in [0.4, 0.5) is 10.5 Å². The molecule has 0 atom stereocenters. The van der Waals surface area contributed by atoms with E-state index in [0.717, 1.165) is 0 Å². The lowest BCUT2D eigenvalue weighted by Gasteiger charge is -2.28. The summed E-state index contributed by atoms with van der Waals surface area (Å²) < 4.78 is 5.48. The van der Waals surface area contributed by atoms with Crippen LogP contribution >= 0.6 is 0 Å². The number of benzene rings is 1. The number of urea groups is 1. The van der Waals surface area contributed by atoms with Crippen molar-refractivity contribution in [1.82, 2.24) is 10.2 Å². The molecule has 1 aromatic carbocycles. The van der Waals surface area contributed by atoms with Gasteiger partial charge in [0.2, 0.25) is 0 Å². The van der Waals surface area contributed by atoms with E-state index in [0.29, 0.717) is 43.2 Å². The van der Waals surface area contributed by atoms with Gasteiger partial charge in [-0.25, -0.2) is 4.79 Å². The number of hydrogen-bond donors (Lipinski definition) is 2. The van der Waals surface area contributed by atoms with Gasteiger partial charge in [0.1, 0.15) is 5.75 Å². The summed E-state index contributed by atoms with van der Waals surface area (Å²) in [6, 6.07) is 7.96. The Bertz CT molecular complexity index is 565. The molecule has 0 fully saturated rings. The molecule has 0 heterocycles. The Labute approximate surface area is 145 Å². The monoisotopic (exact) mass is 331 g/mol. The van der Waals surface area contributed by atoms with Gasteiger partial charge >= 0.3 is 6.03 Å². The Balaban J connectivity index is 2.44. The maximum absolute atomic E-state index is 11.9. The molecule has 5 nitrogen and oxygen atoms in total. The highest BCUT2D eigenvalue weighted by Gasteiger charge is 2.11. The van der Waals surface area contributed by atoms with E-state index in [1.165, 1.54) is 0 Å². The van der Waals surface area contributed by atoms with Gasteiger partial charge in [-0.1, -0.05) is 24.0 Å². The summed E-state index contributed by atoms with van der Waals surface area (Å²) in [4.78, 5) is 14.2. The van der Waals surface area contributed by atoms with E-state index in [4.69, 9.17) is 4.74 Å². The number of para-hydroxylation sites is 2. The minimum absolute atomic E-state index is 0.291. The molecule has 0 saturated heterocycles. The van der Waals surface area contributed by atoms with Crippen LogP contribution in [0.1, 0.15) is 34.6 Å². The number of carbonyl (C=O) groups excluding carboxylic acids is 1. The molecule has 1 rings (SSSR count). The smallest absolute Gasteiger partial charge is 0.320 e. The van der Waals surface area contributed by atoms with Crippen molar-refractivity contribution in [2.75, 3.05) is 25.0 Å². The zero-order valence-corrected chi connectivity index (χ0v) is 15.3. The Morgan fingerprint density at radius 1 is 1.17 bits per heavy atom. The topological polar surface area (TPSA) is 53.6 Å². The van der Waals surface area contributed by atoms with Gasteiger partial charge in [0.15, 0.2) is 0 Å². The predicted octanol–water partition coefficient (Wildman–Crippen LogP) is 3.33. The van der Waals surface area contributed by atoms with E-state index >= 15 is 0 Å². The molecular weight excluding hydrogens is 302 g/mol. The third-order valence-electron chi connectivity index (χ3n) is 3.49. The normalized spacial score (nSPS) is 10.5. The lowest BCUT2D eigenvalue weighted by atomic mass is 10.2. The van der Waals surface area contributed by atoms with E-state index in [9.17, 15) is 4.79 Å². The van der Waals surface area contributed by atoms with Gasteiger partial charge < -0.3 is 15.4 Å². The van der Waals surface area contributed by atoms with Crippen LogP contribution in [0.5, 0.6) is 5.75 Å². The van der Waals surface area contributed by atoms with Crippen LogP contribution in [0.25, 0.3) is 0 Å². The quantitative estimate of drug-likeness (QED) is 0.754. The van der Waals surface area contributed by atoms with Crippen molar-refractivity contribution in [2.24, 2.45) is 0 Å². The van der Waals surface area contributed by atoms with Gasteiger partial charge in [0, 0.05) is 12.1 Å². The zero-order chi connectivity index (χ0) is 17.9. The third-order valence-corrected chi connectivity index (χ3v) is 3.49. The first kappa shape index (κ1) is 19.9. The Morgan fingerprint density at radius 3 is 2.46 bits per heavy atom. The van der Waals surface area contributed by atoms with E-state index in [1.807, 2.05) is 25.1 Å². The largest absolute Gasteiger partial charge is 0.492 e. The standard InChI is InChI=1S/C19H29N3O2/c1-6-24-18-12-8-7-11-17(18)21-19(23)20-13-9-10-14-22(15(2)3)16(4)5/h7-8,11-12,15-16H,6,13-14H2,1-5H3,(H2,20,21,23). The number of carbonyl (C=O) groups is 1. The number of ether oxygens (including phenoxy) is 1. The lowest BCUT2D eigenvalue weighted by Crippen LogP contribution is -2.37. The molecule has 132 valence electrons. The van der Waals surface area contributed by atoms with Crippen LogP contribution in [-0.2, 0) is 0 Å². The van der Waals surface area contributed by atoms with Crippen LogP contribution in [0.2, 0.25) is 0 Å². The number of rotatable bonds is 7. The van der Waals surface area contributed by atoms with Gasteiger partial charge in [0.05, 0.1) is 25.4 Å². The second kappa shape index (κ2) is 10.6. The van der Waals surface area contributed by atoms with Gasteiger partial charge in [0.25, 0.3) is 0 Å². The molecule has 24 heavy (non-hydrogen) atoms. The summed E-state index contributed by atoms with van der Waals surface area (Å²) in [5, 5.41) is 5.51. The van der Waals surface area contributed by atoms with E-state index < -0.39 is 0 Å². The number of nitrogens with zero attached hydrogens (tertiary/aromatic N) is 1. The average molecular weight is 331 g/mol. The predicted molar refractivity (Wildman–Crippen MR) is 99.4 cm³/mol. The molecule has 0 radical (unpaired) electrons. The molecule has 2 amide bonds. The fourth-order valence-electron chi connectivity index (χ4n) is 2.31. The summed E-state index contributed by atoms with van der Waals surface area (Å²) in [6.07, 6.45) is 0. The van der Waals surface area contributed by atoms with Crippen LogP contribution in [0.15, 0.2) is 24.3 Å². The minimum atomic E-state index is -0.291. The summed E-state index contributed by atoms with van der Waals surface area (Å²) in [5.41, 5.74) is 0.649. The minimum Gasteiger partial charge on any atom is -0.492 e. The Kier molecular flexibility index (Phi) is 8.74. The van der Waals surface area contributed by atoms with Crippen molar-refractivity contribution in [3.8, 4) is 17.6 Å². The average Bonchev–Trinajstić information content (AvgIpc) is 2.52. The number of nitrogens with one attached hydrogen (secondary N) is 2. The molecule has 0 unspecified atom stereocenters. The second-order valence-corrected chi connectivity index (χ2v) is 5.95. The van der Waals surface area contributed by atoms with Crippen molar-refractivity contribution in [1.29, 1.82) is 0 Å². The number of anilines is 1. The van der Waals surface area contributed by atoms with Crippen molar-refractivity contribution in [3.05, 3.63) is 24.3 Å². The van der Waals surface area contributed by atoms with Gasteiger partial charge in [-0.2, -0.15) is 0 Å². The molecule has 0 aliphatic carbocycles. The van der Waals surface area contributed by atoms with Crippen LogP contribution in [0.3, 0.4) is 0 Å². The lowest BCUT2D eigenvalue weighted by molar-refractivity contribution is 0.200. The summed E-state index contributed by atoms with van der Waals surface area (Å²) in [7, 11) is 0. The molecule has 0 aliphatic heterocycles. The van der Waals surface area contributed by atoms with Crippen molar-refractivity contribution in [2.45, 2.75) is 46.7 Å². The van der Waals surface area contributed by atoms with E-state index in [1.54, 1.807) is 6.07 Å². The molecule has 5 heteroatoms. The fraction of sp³-hybridized carbons (Fsp3) is 0.526. The molecule has 0 aromatic heterocycles. The summed E-state index contributed by atoms with van der Waals surface area (Å²) in [6.45, 7) is 12.1. The molecule has 2 N–H and O–H groups in total. The van der Waals surface area contributed by atoms with Crippen LogP contribution in [0, 0.1) is 11.8 Å². The SMILES string of the molecule is CCOc1ccccc1NC(=O)NCC#CCN(C(C)C)C(C)C. The molecule has 0 spiro atoms. The highest BCUT2D eigenvalue weighted by atomic mass is 16.5. The first-order valence-electron chi connectivity index (χ1n) is 8.43. The van der Waals surface area contributed by atoms with Crippen molar-refractivity contribution < 1.29 is 9.53 Å². The molecular formula is C19H29N3O2. The van der Waals surface area contributed by atoms with Crippen LogP contribution < -0.4 is 15.4 Å². The summed E-state index contributed by atoms with van der Waals surface area (Å²) in [5.74, 6) is 6.75.